The van der Waals surface area contributed by atoms with Crippen molar-refractivity contribution in [3.05, 3.63) is 78.6 Å². The van der Waals surface area contributed by atoms with E-state index in [1.807, 2.05) is 36.5 Å². The van der Waals surface area contributed by atoms with Crippen molar-refractivity contribution in [2.24, 2.45) is 4.99 Å². The predicted octanol–water partition coefficient (Wildman–Crippen LogP) is 6.66. The Morgan fingerprint density at radius 3 is 2.68 bits per heavy atom. The van der Waals surface area contributed by atoms with Crippen LogP contribution in [0.15, 0.2) is 77.9 Å². The largest absolute Gasteiger partial charge is 0.340 e. The van der Waals surface area contributed by atoms with E-state index >= 15 is 0 Å². The summed E-state index contributed by atoms with van der Waals surface area (Å²) in [5.41, 5.74) is 4.10. The lowest BCUT2D eigenvalue weighted by molar-refractivity contribution is 0.715. The molecule has 4 aromatic rings. The number of pyridine rings is 1. The summed E-state index contributed by atoms with van der Waals surface area (Å²) in [4.78, 5) is 12.5. The number of alkyl halides is 1. The van der Waals surface area contributed by atoms with Gasteiger partial charge in [-0.05, 0) is 49.4 Å². The van der Waals surface area contributed by atoms with Crippen LogP contribution in [0.5, 0.6) is 0 Å². The Labute approximate surface area is 168 Å². The zero-order chi connectivity index (χ0) is 19.1. The summed E-state index contributed by atoms with van der Waals surface area (Å²) in [6.45, 7) is 2.07. The summed E-state index contributed by atoms with van der Waals surface area (Å²) in [6, 6.07) is 20.6. The summed E-state index contributed by atoms with van der Waals surface area (Å²) >= 11 is 6.93. The van der Waals surface area contributed by atoms with Crippen LogP contribution in [-0.4, -0.2) is 20.6 Å². The molecule has 5 rings (SSSR count). The van der Waals surface area contributed by atoms with Gasteiger partial charge in [0.2, 0.25) is 0 Å². The second-order valence-electron chi connectivity index (χ2n) is 7.48. The molecule has 0 radical (unpaired) electrons. The molecule has 0 saturated heterocycles. The molecule has 1 aliphatic rings. The first-order valence-corrected chi connectivity index (χ1v) is 9.88. The Hall–Kier alpha value is -2.91. The van der Waals surface area contributed by atoms with E-state index in [2.05, 4.69) is 53.3 Å². The molecule has 28 heavy (non-hydrogen) atoms. The van der Waals surface area contributed by atoms with Crippen molar-refractivity contribution in [2.45, 2.75) is 24.6 Å². The molecule has 2 heterocycles. The molecule has 0 amide bonds. The zero-order valence-electron chi connectivity index (χ0n) is 15.6. The van der Waals surface area contributed by atoms with Crippen molar-refractivity contribution >= 4 is 50.4 Å². The van der Waals surface area contributed by atoms with Gasteiger partial charge in [-0.2, -0.15) is 0 Å². The fourth-order valence-corrected chi connectivity index (χ4v) is 4.14. The molecule has 1 aliphatic carbocycles. The maximum atomic E-state index is 6.93. The number of hydrogen-bond donors (Lipinski definition) is 1. The number of fused-ring (bicyclic) bond motifs is 2. The van der Waals surface area contributed by atoms with Crippen LogP contribution in [0.25, 0.3) is 27.2 Å². The molecule has 3 nitrogen and oxygen atoms in total. The highest BCUT2D eigenvalue weighted by molar-refractivity contribution is 6.32. The van der Waals surface area contributed by atoms with Crippen molar-refractivity contribution < 1.29 is 0 Å². The van der Waals surface area contributed by atoms with Crippen LogP contribution in [0.3, 0.4) is 0 Å². The monoisotopic (exact) mass is 385 g/mol. The summed E-state index contributed by atoms with van der Waals surface area (Å²) in [6.07, 6.45) is 5.64. The van der Waals surface area contributed by atoms with Gasteiger partial charge < -0.3 is 4.98 Å². The number of H-pyrrole nitrogens is 1. The quantitative estimate of drug-likeness (QED) is 0.385. The SMILES string of the molecule is CC1(Cl)CCC(=Nc2cc3ccccc3[nH]2)C=C1c1nccc2ccccc12. The normalized spacial score (nSPS) is 21.4. The Balaban J connectivity index is 1.63. The zero-order valence-corrected chi connectivity index (χ0v) is 16.4. The van der Waals surface area contributed by atoms with Crippen LogP contribution in [-0.2, 0) is 0 Å². The van der Waals surface area contributed by atoms with Gasteiger partial charge in [0, 0.05) is 33.8 Å². The molecular formula is C24H20ClN3. The van der Waals surface area contributed by atoms with Crippen LogP contribution >= 0.6 is 11.6 Å². The number of rotatable bonds is 2. The molecule has 0 spiro atoms. The number of benzene rings is 2. The summed E-state index contributed by atoms with van der Waals surface area (Å²) < 4.78 is 0. The smallest absolute Gasteiger partial charge is 0.131 e. The lowest BCUT2D eigenvalue weighted by atomic mass is 9.84. The minimum absolute atomic E-state index is 0.462. The third kappa shape index (κ3) is 3.02. The van der Waals surface area contributed by atoms with Crippen molar-refractivity contribution in [3.8, 4) is 0 Å². The number of hydrogen-bond acceptors (Lipinski definition) is 2. The standard InChI is InChI=1S/C24H20ClN3/c1-24(25)12-10-18(27-22-14-17-7-3-5-9-21(17)28-22)15-20(24)23-19-8-4-2-6-16(19)11-13-26-23/h2-9,11,13-15,28H,10,12H2,1H3. The second kappa shape index (κ2) is 6.61. The Kier molecular flexibility index (Phi) is 4.06. The number of aromatic nitrogens is 2. The van der Waals surface area contributed by atoms with E-state index in [1.165, 1.54) is 10.8 Å². The number of nitrogens with zero attached hydrogens (tertiary/aromatic N) is 2. The van der Waals surface area contributed by atoms with Gasteiger partial charge in [0.15, 0.2) is 0 Å². The number of para-hydroxylation sites is 1. The molecule has 0 saturated carbocycles. The van der Waals surface area contributed by atoms with Crippen LogP contribution < -0.4 is 0 Å². The number of allylic oxidation sites excluding steroid dienone is 2. The third-order valence-electron chi connectivity index (χ3n) is 5.43. The van der Waals surface area contributed by atoms with Gasteiger partial charge in [0.1, 0.15) is 5.82 Å². The topological polar surface area (TPSA) is 41.0 Å². The summed E-state index contributed by atoms with van der Waals surface area (Å²) in [5, 5.41) is 3.45. The third-order valence-corrected chi connectivity index (χ3v) is 5.82. The Bertz CT molecular complexity index is 1210. The van der Waals surface area contributed by atoms with Crippen molar-refractivity contribution in [2.75, 3.05) is 0 Å². The van der Waals surface area contributed by atoms with Gasteiger partial charge in [0.05, 0.1) is 10.6 Å². The van der Waals surface area contributed by atoms with Gasteiger partial charge in [-0.25, -0.2) is 4.99 Å². The van der Waals surface area contributed by atoms with Crippen LogP contribution in [0.2, 0.25) is 0 Å². The molecule has 1 N–H and O–H groups in total. The molecular weight excluding hydrogens is 366 g/mol. The molecule has 2 aromatic heterocycles. The van der Waals surface area contributed by atoms with Gasteiger partial charge in [0.25, 0.3) is 0 Å². The summed E-state index contributed by atoms with van der Waals surface area (Å²) in [7, 11) is 0. The fraction of sp³-hybridized carbons (Fsp3) is 0.167. The Morgan fingerprint density at radius 2 is 1.82 bits per heavy atom. The van der Waals surface area contributed by atoms with Crippen LogP contribution in [0, 0.1) is 0 Å². The van der Waals surface area contributed by atoms with E-state index in [4.69, 9.17) is 16.6 Å². The fourth-order valence-electron chi connectivity index (χ4n) is 3.90. The van der Waals surface area contributed by atoms with Crippen molar-refractivity contribution in [1.82, 2.24) is 9.97 Å². The summed E-state index contributed by atoms with van der Waals surface area (Å²) in [5.74, 6) is 0.871. The predicted molar refractivity (Wildman–Crippen MR) is 119 cm³/mol. The average molecular weight is 386 g/mol. The van der Waals surface area contributed by atoms with E-state index < -0.39 is 4.87 Å². The highest BCUT2D eigenvalue weighted by atomic mass is 35.5. The van der Waals surface area contributed by atoms with Gasteiger partial charge in [-0.1, -0.05) is 42.5 Å². The van der Waals surface area contributed by atoms with E-state index in [0.717, 1.165) is 46.5 Å². The van der Waals surface area contributed by atoms with Crippen LogP contribution in [0.4, 0.5) is 5.82 Å². The average Bonchev–Trinajstić information content (AvgIpc) is 3.11. The lowest BCUT2D eigenvalue weighted by Gasteiger charge is -2.30. The number of aromatic amines is 1. The van der Waals surface area contributed by atoms with E-state index in [9.17, 15) is 0 Å². The first-order valence-electron chi connectivity index (χ1n) is 9.51. The molecule has 0 bridgehead atoms. The van der Waals surface area contributed by atoms with E-state index in [0.29, 0.717) is 0 Å². The Morgan fingerprint density at radius 1 is 1.04 bits per heavy atom. The molecule has 1 unspecified atom stereocenters. The van der Waals surface area contributed by atoms with Crippen molar-refractivity contribution in [1.29, 1.82) is 0 Å². The van der Waals surface area contributed by atoms with Crippen LogP contribution in [0.1, 0.15) is 25.5 Å². The van der Waals surface area contributed by atoms with E-state index in [-0.39, 0.29) is 0 Å². The maximum Gasteiger partial charge on any atom is 0.131 e. The minimum atomic E-state index is -0.462. The molecule has 138 valence electrons. The lowest BCUT2D eigenvalue weighted by Crippen LogP contribution is -2.25. The molecule has 0 fully saturated rings. The highest BCUT2D eigenvalue weighted by Crippen LogP contribution is 2.41. The van der Waals surface area contributed by atoms with Crippen molar-refractivity contribution in [3.63, 3.8) is 0 Å². The molecule has 2 aromatic carbocycles. The molecule has 0 aliphatic heterocycles. The number of nitrogens with one attached hydrogen (secondary N) is 1. The minimum Gasteiger partial charge on any atom is -0.340 e. The molecule has 1 atom stereocenters. The van der Waals surface area contributed by atoms with Gasteiger partial charge in [-0.3, -0.25) is 4.98 Å². The maximum absolute atomic E-state index is 6.93. The number of halogens is 1. The second-order valence-corrected chi connectivity index (χ2v) is 8.32. The van der Waals surface area contributed by atoms with Gasteiger partial charge in [-0.15, -0.1) is 11.6 Å². The van der Waals surface area contributed by atoms with E-state index in [1.54, 1.807) is 0 Å². The highest BCUT2D eigenvalue weighted by Gasteiger charge is 2.33. The number of aliphatic imine (C=N–C) groups is 1. The molecule has 4 heteroatoms. The first-order chi connectivity index (χ1) is 13.6. The first kappa shape index (κ1) is 17.2. The van der Waals surface area contributed by atoms with Gasteiger partial charge >= 0.3 is 0 Å².